The first-order chi connectivity index (χ1) is 9.72. The van der Waals surface area contributed by atoms with E-state index in [9.17, 15) is 14.4 Å². The first-order valence-electron chi connectivity index (χ1n) is 6.62. The summed E-state index contributed by atoms with van der Waals surface area (Å²) >= 11 is 0. The van der Waals surface area contributed by atoms with E-state index in [0.29, 0.717) is 0 Å². The monoisotopic (exact) mass is 291 g/mol. The molecule has 21 heavy (non-hydrogen) atoms. The van der Waals surface area contributed by atoms with E-state index in [1.54, 1.807) is 0 Å². The average Bonchev–Trinajstić information content (AvgIpc) is 2.37. The zero-order chi connectivity index (χ0) is 16.0. The van der Waals surface area contributed by atoms with Crippen molar-refractivity contribution in [2.75, 3.05) is 13.1 Å². The SMILES string of the molecule is CC(C)(CC(=O)N(CC(N)=O)CC(N)=O)c1ccccc1. The van der Waals surface area contributed by atoms with E-state index in [4.69, 9.17) is 11.5 Å². The van der Waals surface area contributed by atoms with Gasteiger partial charge in [0.05, 0.1) is 13.1 Å². The van der Waals surface area contributed by atoms with E-state index in [2.05, 4.69) is 0 Å². The number of nitrogens with zero attached hydrogens (tertiary/aromatic N) is 1. The van der Waals surface area contributed by atoms with E-state index < -0.39 is 17.2 Å². The second-order valence-corrected chi connectivity index (χ2v) is 5.61. The van der Waals surface area contributed by atoms with Gasteiger partial charge in [0.1, 0.15) is 0 Å². The number of hydrogen-bond donors (Lipinski definition) is 2. The zero-order valence-corrected chi connectivity index (χ0v) is 12.3. The highest BCUT2D eigenvalue weighted by molar-refractivity contribution is 5.88. The van der Waals surface area contributed by atoms with Crippen LogP contribution in [-0.4, -0.2) is 35.7 Å². The first kappa shape index (κ1) is 16.7. The molecule has 0 radical (unpaired) electrons. The molecule has 1 aromatic rings. The van der Waals surface area contributed by atoms with Crippen molar-refractivity contribution >= 4 is 17.7 Å². The fourth-order valence-electron chi connectivity index (χ4n) is 2.09. The molecule has 0 saturated carbocycles. The molecule has 0 aliphatic carbocycles. The van der Waals surface area contributed by atoms with Crippen LogP contribution in [0.2, 0.25) is 0 Å². The van der Waals surface area contributed by atoms with Crippen molar-refractivity contribution in [1.82, 2.24) is 4.90 Å². The summed E-state index contributed by atoms with van der Waals surface area (Å²) in [6.45, 7) is 3.22. The van der Waals surface area contributed by atoms with E-state index in [-0.39, 0.29) is 25.4 Å². The number of rotatable bonds is 7. The lowest BCUT2D eigenvalue weighted by Gasteiger charge is -2.28. The van der Waals surface area contributed by atoms with Gasteiger partial charge >= 0.3 is 0 Å². The largest absolute Gasteiger partial charge is 0.368 e. The van der Waals surface area contributed by atoms with Crippen LogP contribution in [-0.2, 0) is 19.8 Å². The van der Waals surface area contributed by atoms with Crippen LogP contribution >= 0.6 is 0 Å². The van der Waals surface area contributed by atoms with Crippen molar-refractivity contribution in [3.63, 3.8) is 0 Å². The topological polar surface area (TPSA) is 106 Å². The van der Waals surface area contributed by atoms with Gasteiger partial charge in [0.2, 0.25) is 17.7 Å². The number of carbonyl (C=O) groups excluding carboxylic acids is 3. The van der Waals surface area contributed by atoms with Crippen molar-refractivity contribution in [1.29, 1.82) is 0 Å². The van der Waals surface area contributed by atoms with Crippen molar-refractivity contribution < 1.29 is 14.4 Å². The summed E-state index contributed by atoms with van der Waals surface area (Å²) in [5, 5.41) is 0. The Balaban J connectivity index is 2.84. The molecule has 0 aliphatic rings. The summed E-state index contributed by atoms with van der Waals surface area (Å²) in [5.41, 5.74) is 10.8. The second-order valence-electron chi connectivity index (χ2n) is 5.61. The van der Waals surface area contributed by atoms with E-state index in [0.717, 1.165) is 10.5 Å². The molecule has 0 fully saturated rings. The van der Waals surface area contributed by atoms with Crippen LogP contribution in [0.15, 0.2) is 30.3 Å². The molecule has 1 aromatic carbocycles. The summed E-state index contributed by atoms with van der Waals surface area (Å²) in [5.74, 6) is -1.69. The Bertz CT molecular complexity index is 510. The van der Waals surface area contributed by atoms with Crippen LogP contribution in [0.4, 0.5) is 0 Å². The normalized spacial score (nSPS) is 11.0. The smallest absolute Gasteiger partial charge is 0.237 e. The fraction of sp³-hybridized carbons (Fsp3) is 0.400. The summed E-state index contributed by atoms with van der Waals surface area (Å²) < 4.78 is 0. The third-order valence-corrected chi connectivity index (χ3v) is 3.19. The third kappa shape index (κ3) is 5.25. The van der Waals surface area contributed by atoms with Gasteiger partial charge in [0.15, 0.2) is 0 Å². The Morgan fingerprint density at radius 1 is 1.00 bits per heavy atom. The standard InChI is InChI=1S/C15H21N3O3/c1-15(2,11-6-4-3-5-7-11)8-14(21)18(9-12(16)19)10-13(17)20/h3-7H,8-10H2,1-2H3,(H2,16,19)(H2,17,20). The molecule has 0 atom stereocenters. The van der Waals surface area contributed by atoms with Gasteiger partial charge in [-0.2, -0.15) is 0 Å². The van der Waals surface area contributed by atoms with E-state index in [1.165, 1.54) is 0 Å². The van der Waals surface area contributed by atoms with Crippen molar-refractivity contribution in [3.8, 4) is 0 Å². The van der Waals surface area contributed by atoms with Gasteiger partial charge in [-0.3, -0.25) is 14.4 Å². The van der Waals surface area contributed by atoms with Crippen LogP contribution in [0.3, 0.4) is 0 Å². The number of amides is 3. The quantitative estimate of drug-likeness (QED) is 0.747. The summed E-state index contributed by atoms with van der Waals surface area (Å²) in [6, 6.07) is 9.55. The minimum atomic E-state index is -0.679. The molecule has 6 heteroatoms. The van der Waals surface area contributed by atoms with Crippen LogP contribution in [0.5, 0.6) is 0 Å². The highest BCUT2D eigenvalue weighted by atomic mass is 16.2. The Labute approximate surface area is 124 Å². The van der Waals surface area contributed by atoms with Gasteiger partial charge < -0.3 is 16.4 Å². The van der Waals surface area contributed by atoms with Crippen molar-refractivity contribution in [2.24, 2.45) is 11.5 Å². The van der Waals surface area contributed by atoms with Gasteiger partial charge in [-0.05, 0) is 11.0 Å². The summed E-state index contributed by atoms with van der Waals surface area (Å²) in [6.07, 6.45) is 0.150. The fourth-order valence-corrected chi connectivity index (χ4v) is 2.09. The highest BCUT2D eigenvalue weighted by Crippen LogP contribution is 2.27. The third-order valence-electron chi connectivity index (χ3n) is 3.19. The summed E-state index contributed by atoms with van der Waals surface area (Å²) in [7, 11) is 0. The lowest BCUT2D eigenvalue weighted by Crippen LogP contribution is -2.45. The maximum absolute atomic E-state index is 12.3. The van der Waals surface area contributed by atoms with Gasteiger partial charge in [-0.15, -0.1) is 0 Å². The Kier molecular flexibility index (Phi) is 5.46. The second kappa shape index (κ2) is 6.88. The first-order valence-corrected chi connectivity index (χ1v) is 6.62. The van der Waals surface area contributed by atoms with Gasteiger partial charge in [-0.25, -0.2) is 0 Å². The molecular weight excluding hydrogens is 270 g/mol. The molecule has 114 valence electrons. The van der Waals surface area contributed by atoms with Gasteiger partial charge in [-0.1, -0.05) is 44.2 Å². The minimum Gasteiger partial charge on any atom is -0.368 e. The molecule has 0 aromatic heterocycles. The maximum atomic E-state index is 12.3. The average molecular weight is 291 g/mol. The maximum Gasteiger partial charge on any atom is 0.237 e. The predicted octanol–water partition coefficient (Wildman–Crippen LogP) is 0.154. The molecule has 0 heterocycles. The minimum absolute atomic E-state index is 0.150. The molecule has 3 amide bonds. The highest BCUT2D eigenvalue weighted by Gasteiger charge is 2.28. The molecule has 6 nitrogen and oxygen atoms in total. The van der Waals surface area contributed by atoms with Crippen LogP contribution in [0.1, 0.15) is 25.8 Å². The Morgan fingerprint density at radius 2 is 1.48 bits per heavy atom. The van der Waals surface area contributed by atoms with E-state index in [1.807, 2.05) is 44.2 Å². The molecule has 1 rings (SSSR count). The number of hydrogen-bond acceptors (Lipinski definition) is 3. The van der Waals surface area contributed by atoms with Crippen LogP contribution in [0.25, 0.3) is 0 Å². The number of nitrogens with two attached hydrogens (primary N) is 2. The number of primary amides is 2. The van der Waals surface area contributed by atoms with Crippen LogP contribution < -0.4 is 11.5 Å². The zero-order valence-electron chi connectivity index (χ0n) is 12.3. The number of carbonyl (C=O) groups is 3. The lowest BCUT2D eigenvalue weighted by molar-refractivity contribution is -0.138. The predicted molar refractivity (Wildman–Crippen MR) is 79.1 cm³/mol. The Hall–Kier alpha value is -2.37. The molecule has 0 unspecified atom stereocenters. The molecule has 0 bridgehead atoms. The molecule has 4 N–H and O–H groups in total. The van der Waals surface area contributed by atoms with Crippen molar-refractivity contribution in [3.05, 3.63) is 35.9 Å². The molecule has 0 spiro atoms. The summed E-state index contributed by atoms with van der Waals surface area (Å²) in [4.78, 5) is 35.4. The van der Waals surface area contributed by atoms with Gasteiger partial charge in [0, 0.05) is 6.42 Å². The van der Waals surface area contributed by atoms with Gasteiger partial charge in [0.25, 0.3) is 0 Å². The van der Waals surface area contributed by atoms with E-state index >= 15 is 0 Å². The Morgan fingerprint density at radius 3 is 1.90 bits per heavy atom. The lowest BCUT2D eigenvalue weighted by atomic mass is 9.81. The molecule has 0 saturated heterocycles. The number of benzene rings is 1. The van der Waals surface area contributed by atoms with Crippen molar-refractivity contribution in [2.45, 2.75) is 25.7 Å². The molecular formula is C15H21N3O3. The van der Waals surface area contributed by atoms with Crippen LogP contribution in [0, 0.1) is 0 Å². The molecule has 0 aliphatic heterocycles.